The zero-order valence-electron chi connectivity index (χ0n) is 13.5. The zero-order chi connectivity index (χ0) is 16.9. The van der Waals surface area contributed by atoms with E-state index in [-0.39, 0.29) is 35.9 Å². The van der Waals surface area contributed by atoms with Gasteiger partial charge in [0.15, 0.2) is 9.84 Å². The third-order valence-corrected chi connectivity index (χ3v) is 5.85. The van der Waals surface area contributed by atoms with Crippen molar-refractivity contribution in [3.63, 3.8) is 0 Å². The molecular weight excluding hydrogens is 322 g/mol. The van der Waals surface area contributed by atoms with Crippen LogP contribution >= 0.6 is 0 Å². The summed E-state index contributed by atoms with van der Waals surface area (Å²) >= 11 is 0. The summed E-state index contributed by atoms with van der Waals surface area (Å²) in [5, 5.41) is 2.74. The molecule has 2 amide bonds. The summed E-state index contributed by atoms with van der Waals surface area (Å²) in [5.74, 6) is 0.0376. The molecular formula is C14H25N3O5S. The standard InChI is InChI=1S/C14H25N3O5S/c1-16(4-2-14(19)17-5-7-22-8-6-17)10-13(18)15-12-3-9-23(20,21)11-12/h12H,2-11H2,1H3,(H,15,18)/t12-/m0/s1. The third kappa shape index (κ3) is 6.08. The number of carbonyl (C=O) groups excluding carboxylic acids is 2. The van der Waals surface area contributed by atoms with Crippen LogP contribution in [0, 0.1) is 0 Å². The number of hydrogen-bond acceptors (Lipinski definition) is 6. The fraction of sp³-hybridized carbons (Fsp3) is 0.857. The van der Waals surface area contributed by atoms with Gasteiger partial charge in [0.25, 0.3) is 0 Å². The first-order chi connectivity index (χ1) is 10.9. The van der Waals surface area contributed by atoms with E-state index in [0.717, 1.165) is 0 Å². The first kappa shape index (κ1) is 18.2. The predicted octanol–water partition coefficient (Wildman–Crippen LogP) is -1.53. The monoisotopic (exact) mass is 347 g/mol. The van der Waals surface area contributed by atoms with Crippen molar-refractivity contribution in [2.75, 3.05) is 57.9 Å². The Morgan fingerprint density at radius 2 is 2.00 bits per heavy atom. The van der Waals surface area contributed by atoms with Gasteiger partial charge < -0.3 is 15.0 Å². The Bertz CT molecular complexity index is 531. The SMILES string of the molecule is CN(CCC(=O)N1CCOCC1)CC(=O)N[C@H]1CCS(=O)(=O)C1. The fourth-order valence-electron chi connectivity index (χ4n) is 2.76. The molecule has 2 saturated heterocycles. The van der Waals surface area contributed by atoms with Crippen molar-refractivity contribution in [2.24, 2.45) is 0 Å². The minimum Gasteiger partial charge on any atom is -0.378 e. The molecule has 1 N–H and O–H groups in total. The van der Waals surface area contributed by atoms with Crippen molar-refractivity contribution < 1.29 is 22.7 Å². The molecule has 1 atom stereocenters. The number of hydrogen-bond donors (Lipinski definition) is 1. The molecule has 2 aliphatic rings. The van der Waals surface area contributed by atoms with Crippen molar-refractivity contribution in [2.45, 2.75) is 18.9 Å². The lowest BCUT2D eigenvalue weighted by Crippen LogP contribution is -2.44. The topological polar surface area (TPSA) is 96.0 Å². The van der Waals surface area contributed by atoms with Crippen LogP contribution in [0.25, 0.3) is 0 Å². The molecule has 0 radical (unpaired) electrons. The molecule has 2 aliphatic heterocycles. The fourth-order valence-corrected chi connectivity index (χ4v) is 4.44. The van der Waals surface area contributed by atoms with Crippen LogP contribution in [0.5, 0.6) is 0 Å². The highest BCUT2D eigenvalue weighted by atomic mass is 32.2. The Balaban J connectivity index is 1.64. The van der Waals surface area contributed by atoms with Gasteiger partial charge in [0.05, 0.1) is 31.3 Å². The molecule has 0 aromatic heterocycles. The molecule has 0 bridgehead atoms. The minimum absolute atomic E-state index is 0.0258. The summed E-state index contributed by atoms with van der Waals surface area (Å²) in [6.45, 7) is 3.06. The highest BCUT2D eigenvalue weighted by Gasteiger charge is 2.29. The molecule has 0 aromatic carbocycles. The highest BCUT2D eigenvalue weighted by molar-refractivity contribution is 7.91. The molecule has 8 nitrogen and oxygen atoms in total. The van der Waals surface area contributed by atoms with Crippen molar-refractivity contribution in [3.8, 4) is 0 Å². The van der Waals surface area contributed by atoms with Crippen LogP contribution in [0.3, 0.4) is 0 Å². The number of morpholine rings is 1. The number of nitrogens with one attached hydrogen (secondary N) is 1. The number of carbonyl (C=O) groups is 2. The lowest BCUT2D eigenvalue weighted by molar-refractivity contribution is -0.136. The molecule has 0 spiro atoms. The van der Waals surface area contributed by atoms with E-state index in [9.17, 15) is 18.0 Å². The summed E-state index contributed by atoms with van der Waals surface area (Å²) in [4.78, 5) is 27.5. The summed E-state index contributed by atoms with van der Waals surface area (Å²) in [6.07, 6.45) is 0.842. The maximum Gasteiger partial charge on any atom is 0.234 e. The lowest BCUT2D eigenvalue weighted by atomic mass is 10.2. The van der Waals surface area contributed by atoms with Gasteiger partial charge in [-0.3, -0.25) is 14.5 Å². The second-order valence-electron chi connectivity index (χ2n) is 6.15. The Kier molecular flexibility index (Phi) is 6.37. The van der Waals surface area contributed by atoms with Crippen LogP contribution in [0.2, 0.25) is 0 Å². The molecule has 132 valence electrons. The van der Waals surface area contributed by atoms with E-state index in [4.69, 9.17) is 4.74 Å². The number of rotatable bonds is 6. The summed E-state index contributed by atoms with van der Waals surface area (Å²) in [5.41, 5.74) is 0. The third-order valence-electron chi connectivity index (χ3n) is 4.08. The molecule has 2 heterocycles. The highest BCUT2D eigenvalue weighted by Crippen LogP contribution is 2.11. The smallest absolute Gasteiger partial charge is 0.234 e. The van der Waals surface area contributed by atoms with Crippen LogP contribution in [-0.2, 0) is 24.2 Å². The number of nitrogens with zero attached hydrogens (tertiary/aromatic N) is 2. The van der Waals surface area contributed by atoms with Crippen LogP contribution in [-0.4, -0.2) is 94.0 Å². The van der Waals surface area contributed by atoms with E-state index in [1.807, 2.05) is 0 Å². The quantitative estimate of drug-likeness (QED) is 0.626. The first-order valence-corrected chi connectivity index (χ1v) is 9.72. The molecule has 0 aromatic rings. The lowest BCUT2D eigenvalue weighted by Gasteiger charge is -2.27. The normalized spacial score (nSPS) is 23.9. The van der Waals surface area contributed by atoms with Crippen LogP contribution in [0.15, 0.2) is 0 Å². The van der Waals surface area contributed by atoms with Gasteiger partial charge in [-0.2, -0.15) is 0 Å². The molecule has 9 heteroatoms. The maximum atomic E-state index is 12.0. The van der Waals surface area contributed by atoms with Crippen molar-refractivity contribution in [3.05, 3.63) is 0 Å². The number of ether oxygens (including phenoxy) is 1. The van der Waals surface area contributed by atoms with Gasteiger partial charge in [-0.05, 0) is 13.5 Å². The van der Waals surface area contributed by atoms with Gasteiger partial charge in [0, 0.05) is 32.1 Å². The summed E-state index contributed by atoms with van der Waals surface area (Å²) in [6, 6.07) is -0.282. The van der Waals surface area contributed by atoms with E-state index < -0.39 is 9.84 Å². The molecule has 2 rings (SSSR count). The van der Waals surface area contributed by atoms with Gasteiger partial charge in [-0.25, -0.2) is 8.42 Å². The molecule has 0 unspecified atom stereocenters. The minimum atomic E-state index is -2.99. The second-order valence-corrected chi connectivity index (χ2v) is 8.38. The van der Waals surface area contributed by atoms with Gasteiger partial charge >= 0.3 is 0 Å². The Morgan fingerprint density at radius 1 is 1.30 bits per heavy atom. The Hall–Kier alpha value is -1.19. The van der Waals surface area contributed by atoms with E-state index in [0.29, 0.717) is 45.7 Å². The van der Waals surface area contributed by atoms with Gasteiger partial charge in [-0.15, -0.1) is 0 Å². The average Bonchev–Trinajstić information content (AvgIpc) is 2.84. The van der Waals surface area contributed by atoms with Crippen molar-refractivity contribution >= 4 is 21.7 Å². The van der Waals surface area contributed by atoms with Crippen LogP contribution < -0.4 is 5.32 Å². The molecule has 2 fully saturated rings. The summed E-state index contributed by atoms with van der Waals surface area (Å²) < 4.78 is 27.9. The van der Waals surface area contributed by atoms with E-state index in [1.54, 1.807) is 16.8 Å². The summed E-state index contributed by atoms with van der Waals surface area (Å²) in [7, 11) is -1.22. The van der Waals surface area contributed by atoms with E-state index >= 15 is 0 Å². The number of amides is 2. The molecule has 0 aliphatic carbocycles. The van der Waals surface area contributed by atoms with E-state index in [2.05, 4.69) is 5.32 Å². The van der Waals surface area contributed by atoms with Crippen LogP contribution in [0.1, 0.15) is 12.8 Å². The maximum absolute atomic E-state index is 12.0. The van der Waals surface area contributed by atoms with Crippen LogP contribution in [0.4, 0.5) is 0 Å². The van der Waals surface area contributed by atoms with Crippen molar-refractivity contribution in [1.29, 1.82) is 0 Å². The Morgan fingerprint density at radius 3 is 2.61 bits per heavy atom. The zero-order valence-corrected chi connectivity index (χ0v) is 14.3. The number of sulfone groups is 1. The van der Waals surface area contributed by atoms with Crippen molar-refractivity contribution in [1.82, 2.24) is 15.1 Å². The Labute approximate surface area is 137 Å². The van der Waals surface area contributed by atoms with E-state index in [1.165, 1.54) is 0 Å². The van der Waals surface area contributed by atoms with Gasteiger partial charge in [0.2, 0.25) is 11.8 Å². The average molecular weight is 347 g/mol. The second kappa shape index (κ2) is 8.07. The number of likely N-dealkylation sites (N-methyl/N-ethyl adjacent to an activating group) is 1. The molecule has 0 saturated carbocycles. The first-order valence-electron chi connectivity index (χ1n) is 7.89. The molecule has 23 heavy (non-hydrogen) atoms. The predicted molar refractivity (Wildman–Crippen MR) is 84.7 cm³/mol. The van der Waals surface area contributed by atoms with Gasteiger partial charge in [-0.1, -0.05) is 0 Å². The largest absolute Gasteiger partial charge is 0.378 e. The van der Waals surface area contributed by atoms with Gasteiger partial charge in [0.1, 0.15) is 0 Å².